The Morgan fingerprint density at radius 3 is 2.46 bits per heavy atom. The largest absolute Gasteiger partial charge is 0.345 e. The van der Waals surface area contributed by atoms with Crippen LogP contribution in [0, 0.1) is 27.7 Å². The van der Waals surface area contributed by atoms with Crippen LogP contribution in [-0.4, -0.2) is 28.1 Å². The van der Waals surface area contributed by atoms with Crippen molar-refractivity contribution in [2.45, 2.75) is 33.7 Å². The van der Waals surface area contributed by atoms with Gasteiger partial charge in [-0.25, -0.2) is 0 Å². The van der Waals surface area contributed by atoms with E-state index in [0.717, 1.165) is 27.4 Å². The lowest BCUT2D eigenvalue weighted by Crippen LogP contribution is -2.39. The van der Waals surface area contributed by atoms with Crippen LogP contribution in [0.2, 0.25) is 0 Å². The Balaban J connectivity index is 1.68. The molecule has 3 rings (SSSR count). The molecule has 0 spiro atoms. The second-order valence-electron chi connectivity index (χ2n) is 6.87. The molecular weight excluding hydrogens is 372 g/mol. The monoisotopic (exact) mass is 396 g/mol. The molecule has 2 N–H and O–H groups in total. The highest BCUT2D eigenvalue weighted by molar-refractivity contribution is 7.10. The fourth-order valence-electron chi connectivity index (χ4n) is 3.03. The summed E-state index contributed by atoms with van der Waals surface area (Å²) in [6.45, 7) is 8.16. The summed E-state index contributed by atoms with van der Waals surface area (Å²) in [5.74, 6) is -1.34. The van der Waals surface area contributed by atoms with Crippen LogP contribution in [0.15, 0.2) is 41.8 Å². The number of aryl methyl sites for hydroxylation is 4. The zero-order valence-electron chi connectivity index (χ0n) is 16.4. The fourth-order valence-corrected chi connectivity index (χ4v) is 3.84. The second kappa shape index (κ2) is 8.39. The standard InChI is InChI=1S/C21H24N4O2S/c1-13-7-8-17(10-14(13)2)23-21(27)20(26)22-12-18(19-6-5-9-28-19)25-16(4)11-15(3)24-25/h5-11,18H,12H2,1-4H3,(H,22,26)(H,23,27). The van der Waals surface area contributed by atoms with E-state index in [9.17, 15) is 9.59 Å². The zero-order chi connectivity index (χ0) is 20.3. The van der Waals surface area contributed by atoms with Gasteiger partial charge in [-0.05, 0) is 68.5 Å². The lowest BCUT2D eigenvalue weighted by molar-refractivity contribution is -0.136. The van der Waals surface area contributed by atoms with Crippen LogP contribution < -0.4 is 10.6 Å². The number of nitrogens with zero attached hydrogens (tertiary/aromatic N) is 2. The van der Waals surface area contributed by atoms with Crippen LogP contribution in [0.1, 0.15) is 33.4 Å². The van der Waals surface area contributed by atoms with Gasteiger partial charge in [0.05, 0.1) is 5.69 Å². The van der Waals surface area contributed by atoms with E-state index in [1.54, 1.807) is 17.4 Å². The molecule has 1 unspecified atom stereocenters. The molecule has 28 heavy (non-hydrogen) atoms. The van der Waals surface area contributed by atoms with Crippen molar-refractivity contribution in [1.82, 2.24) is 15.1 Å². The van der Waals surface area contributed by atoms with Crippen molar-refractivity contribution < 1.29 is 9.59 Å². The molecule has 0 saturated heterocycles. The maximum atomic E-state index is 12.3. The van der Waals surface area contributed by atoms with E-state index in [1.807, 2.05) is 68.1 Å². The topological polar surface area (TPSA) is 76.0 Å². The normalized spacial score (nSPS) is 11.9. The highest BCUT2D eigenvalue weighted by Gasteiger charge is 2.21. The molecule has 1 aromatic carbocycles. The second-order valence-corrected chi connectivity index (χ2v) is 7.85. The quantitative estimate of drug-likeness (QED) is 0.648. The number of amides is 2. The van der Waals surface area contributed by atoms with Crippen molar-refractivity contribution in [2.75, 3.05) is 11.9 Å². The summed E-state index contributed by atoms with van der Waals surface area (Å²) in [5.41, 5.74) is 4.71. The minimum atomic E-state index is -0.679. The van der Waals surface area contributed by atoms with Crippen molar-refractivity contribution in [3.63, 3.8) is 0 Å². The number of benzene rings is 1. The molecule has 2 aromatic heterocycles. The van der Waals surface area contributed by atoms with Crippen molar-refractivity contribution in [1.29, 1.82) is 0 Å². The van der Waals surface area contributed by atoms with Gasteiger partial charge in [0.2, 0.25) is 0 Å². The number of aromatic nitrogens is 2. The van der Waals surface area contributed by atoms with Gasteiger partial charge >= 0.3 is 11.8 Å². The summed E-state index contributed by atoms with van der Waals surface area (Å²) in [6, 6.07) is 11.4. The predicted molar refractivity (Wildman–Crippen MR) is 112 cm³/mol. The fraction of sp³-hybridized carbons (Fsp3) is 0.286. The lowest BCUT2D eigenvalue weighted by Gasteiger charge is -2.18. The van der Waals surface area contributed by atoms with Gasteiger partial charge in [0.15, 0.2) is 0 Å². The first-order valence-electron chi connectivity index (χ1n) is 9.07. The van der Waals surface area contributed by atoms with E-state index in [1.165, 1.54) is 0 Å². The minimum absolute atomic E-state index is 0.160. The third-order valence-electron chi connectivity index (χ3n) is 4.64. The summed E-state index contributed by atoms with van der Waals surface area (Å²) < 4.78 is 1.89. The average molecular weight is 397 g/mol. The molecule has 0 aliphatic heterocycles. The van der Waals surface area contributed by atoms with Gasteiger partial charge in [-0.15, -0.1) is 11.3 Å². The predicted octanol–water partition coefficient (Wildman–Crippen LogP) is 3.52. The van der Waals surface area contributed by atoms with Crippen LogP contribution in [-0.2, 0) is 9.59 Å². The van der Waals surface area contributed by atoms with Crippen LogP contribution >= 0.6 is 11.3 Å². The van der Waals surface area contributed by atoms with Crippen LogP contribution in [0.5, 0.6) is 0 Å². The van der Waals surface area contributed by atoms with E-state index < -0.39 is 11.8 Å². The lowest BCUT2D eigenvalue weighted by atomic mass is 10.1. The first-order chi connectivity index (χ1) is 13.3. The Kier molecular flexibility index (Phi) is 5.94. The number of hydrogen-bond donors (Lipinski definition) is 2. The maximum absolute atomic E-state index is 12.3. The number of carbonyl (C=O) groups excluding carboxylic acids is 2. The van der Waals surface area contributed by atoms with E-state index >= 15 is 0 Å². The molecule has 146 valence electrons. The SMILES string of the molecule is Cc1cc(C)n(C(CNC(=O)C(=O)Nc2ccc(C)c(C)c2)c2cccs2)n1. The molecule has 7 heteroatoms. The summed E-state index contributed by atoms with van der Waals surface area (Å²) in [5, 5.41) is 11.9. The number of hydrogen-bond acceptors (Lipinski definition) is 4. The van der Waals surface area contributed by atoms with E-state index in [-0.39, 0.29) is 12.6 Å². The molecule has 0 bridgehead atoms. The highest BCUT2D eigenvalue weighted by atomic mass is 32.1. The number of rotatable bonds is 5. The van der Waals surface area contributed by atoms with Crippen LogP contribution in [0.25, 0.3) is 0 Å². The van der Waals surface area contributed by atoms with Gasteiger partial charge in [0.1, 0.15) is 6.04 Å². The van der Waals surface area contributed by atoms with Gasteiger partial charge in [-0.2, -0.15) is 5.10 Å². The average Bonchev–Trinajstić information content (AvgIpc) is 3.28. The van der Waals surface area contributed by atoms with Crippen LogP contribution in [0.3, 0.4) is 0 Å². The summed E-state index contributed by atoms with van der Waals surface area (Å²) in [4.78, 5) is 25.7. The molecule has 3 aromatic rings. The van der Waals surface area contributed by atoms with Gasteiger partial charge in [0.25, 0.3) is 0 Å². The molecule has 0 radical (unpaired) electrons. The van der Waals surface area contributed by atoms with Crippen molar-refractivity contribution in [2.24, 2.45) is 0 Å². The first-order valence-corrected chi connectivity index (χ1v) is 9.95. The minimum Gasteiger partial charge on any atom is -0.345 e. The van der Waals surface area contributed by atoms with Gasteiger partial charge < -0.3 is 10.6 Å². The molecule has 0 aliphatic carbocycles. The Morgan fingerprint density at radius 1 is 1.07 bits per heavy atom. The zero-order valence-corrected chi connectivity index (χ0v) is 17.3. The molecular formula is C21H24N4O2S. The number of anilines is 1. The smallest absolute Gasteiger partial charge is 0.313 e. The van der Waals surface area contributed by atoms with Crippen molar-refractivity contribution in [3.05, 3.63) is 69.2 Å². The van der Waals surface area contributed by atoms with Crippen molar-refractivity contribution >= 4 is 28.8 Å². The van der Waals surface area contributed by atoms with E-state index in [0.29, 0.717) is 5.69 Å². The third-order valence-corrected chi connectivity index (χ3v) is 5.61. The van der Waals surface area contributed by atoms with Gasteiger partial charge in [-0.3, -0.25) is 14.3 Å². The Morgan fingerprint density at radius 2 is 1.86 bits per heavy atom. The Labute approximate surface area is 168 Å². The summed E-state index contributed by atoms with van der Waals surface area (Å²) >= 11 is 1.60. The van der Waals surface area contributed by atoms with Gasteiger partial charge in [0, 0.05) is 22.8 Å². The Hall–Kier alpha value is -2.93. The maximum Gasteiger partial charge on any atom is 0.313 e. The number of carbonyl (C=O) groups is 2. The molecule has 2 heterocycles. The first kappa shape index (κ1) is 19.8. The molecule has 2 amide bonds. The molecule has 0 aliphatic rings. The summed E-state index contributed by atoms with van der Waals surface area (Å²) in [6.07, 6.45) is 0. The van der Waals surface area contributed by atoms with Crippen LogP contribution in [0.4, 0.5) is 5.69 Å². The summed E-state index contributed by atoms with van der Waals surface area (Å²) in [7, 11) is 0. The van der Waals surface area contributed by atoms with E-state index in [4.69, 9.17) is 0 Å². The molecule has 6 nitrogen and oxygen atoms in total. The molecule has 1 atom stereocenters. The van der Waals surface area contributed by atoms with E-state index in [2.05, 4.69) is 15.7 Å². The number of nitrogens with one attached hydrogen (secondary N) is 2. The number of thiophene rings is 1. The Bertz CT molecular complexity index is 992. The highest BCUT2D eigenvalue weighted by Crippen LogP contribution is 2.24. The van der Waals surface area contributed by atoms with Gasteiger partial charge in [-0.1, -0.05) is 12.1 Å². The third kappa shape index (κ3) is 4.48. The van der Waals surface area contributed by atoms with Crippen molar-refractivity contribution in [3.8, 4) is 0 Å². The molecule has 0 fully saturated rings. The molecule has 0 saturated carbocycles.